The zero-order chi connectivity index (χ0) is 13.6. The fraction of sp³-hybridized carbons (Fsp3) is 0.417. The standard InChI is InChI=1S/C12H14N2O4S/c15-9-5-8(6-9)14-19(17,18)10-1-2-11-7(3-10)4-12(16)13-11/h1-3,8-9,14-15H,4-6H2,(H,13,16). The number of amides is 1. The van der Waals surface area contributed by atoms with Crippen molar-refractivity contribution in [1.82, 2.24) is 4.72 Å². The van der Waals surface area contributed by atoms with Crippen LogP contribution in [-0.2, 0) is 21.2 Å². The maximum absolute atomic E-state index is 12.1. The largest absolute Gasteiger partial charge is 0.393 e. The first-order chi connectivity index (χ1) is 8.94. The molecule has 3 rings (SSSR count). The summed E-state index contributed by atoms with van der Waals surface area (Å²) in [5, 5.41) is 11.8. The van der Waals surface area contributed by atoms with Crippen LogP contribution in [0.1, 0.15) is 18.4 Å². The van der Waals surface area contributed by atoms with Gasteiger partial charge in [-0.2, -0.15) is 0 Å². The lowest BCUT2D eigenvalue weighted by Crippen LogP contribution is -2.46. The molecule has 102 valence electrons. The van der Waals surface area contributed by atoms with Crippen molar-refractivity contribution in [2.75, 3.05) is 5.32 Å². The van der Waals surface area contributed by atoms with Gasteiger partial charge in [-0.15, -0.1) is 0 Å². The summed E-state index contributed by atoms with van der Waals surface area (Å²) in [7, 11) is -3.58. The van der Waals surface area contributed by atoms with E-state index in [1.54, 1.807) is 6.07 Å². The van der Waals surface area contributed by atoms with Gasteiger partial charge in [0.2, 0.25) is 15.9 Å². The van der Waals surface area contributed by atoms with Crippen LogP contribution >= 0.6 is 0 Å². The zero-order valence-corrected chi connectivity index (χ0v) is 10.9. The Morgan fingerprint density at radius 2 is 2.05 bits per heavy atom. The highest BCUT2D eigenvalue weighted by Crippen LogP contribution is 2.27. The van der Waals surface area contributed by atoms with Gasteiger partial charge < -0.3 is 10.4 Å². The van der Waals surface area contributed by atoms with Crippen LogP contribution in [0, 0.1) is 0 Å². The first kappa shape index (κ1) is 12.6. The molecule has 2 aliphatic rings. The zero-order valence-electron chi connectivity index (χ0n) is 10.1. The summed E-state index contributed by atoms with van der Waals surface area (Å²) >= 11 is 0. The molecule has 1 amide bonds. The van der Waals surface area contributed by atoms with E-state index in [1.807, 2.05) is 0 Å². The monoisotopic (exact) mass is 282 g/mol. The molecule has 3 N–H and O–H groups in total. The predicted octanol–water partition coefficient (Wildman–Crippen LogP) is -0.0172. The van der Waals surface area contributed by atoms with Gasteiger partial charge >= 0.3 is 0 Å². The molecular weight excluding hydrogens is 268 g/mol. The third-order valence-electron chi connectivity index (χ3n) is 3.45. The highest BCUT2D eigenvalue weighted by molar-refractivity contribution is 7.89. The van der Waals surface area contributed by atoms with Gasteiger partial charge in [0, 0.05) is 11.7 Å². The van der Waals surface area contributed by atoms with Crippen molar-refractivity contribution >= 4 is 21.6 Å². The normalized spacial score (nSPS) is 25.6. The molecule has 1 aliphatic heterocycles. The molecule has 1 fully saturated rings. The van der Waals surface area contributed by atoms with Gasteiger partial charge in [0.1, 0.15) is 0 Å². The average Bonchev–Trinajstić information content (AvgIpc) is 2.65. The SMILES string of the molecule is O=C1Cc2cc(S(=O)(=O)NC3CC(O)C3)ccc2N1. The summed E-state index contributed by atoms with van der Waals surface area (Å²) in [6, 6.07) is 4.39. The molecule has 0 saturated heterocycles. The minimum Gasteiger partial charge on any atom is -0.393 e. The molecule has 19 heavy (non-hydrogen) atoms. The summed E-state index contributed by atoms with van der Waals surface area (Å²) in [6.45, 7) is 0. The Morgan fingerprint density at radius 1 is 1.32 bits per heavy atom. The van der Waals surface area contributed by atoms with E-state index in [2.05, 4.69) is 10.0 Å². The van der Waals surface area contributed by atoms with E-state index in [-0.39, 0.29) is 23.3 Å². The van der Waals surface area contributed by atoms with Crippen LogP contribution in [0.2, 0.25) is 0 Å². The number of rotatable bonds is 3. The third kappa shape index (κ3) is 2.36. The average molecular weight is 282 g/mol. The molecule has 0 spiro atoms. The molecule has 0 atom stereocenters. The van der Waals surface area contributed by atoms with Crippen LogP contribution in [0.3, 0.4) is 0 Å². The van der Waals surface area contributed by atoms with Crippen molar-refractivity contribution in [3.63, 3.8) is 0 Å². The number of anilines is 1. The van der Waals surface area contributed by atoms with Gasteiger partial charge in [0.05, 0.1) is 17.4 Å². The molecule has 0 unspecified atom stereocenters. The van der Waals surface area contributed by atoms with Gasteiger partial charge in [-0.05, 0) is 36.6 Å². The molecule has 0 bridgehead atoms. The summed E-state index contributed by atoms with van der Waals surface area (Å²) in [5.74, 6) is -0.125. The molecule has 0 radical (unpaired) electrons. The van der Waals surface area contributed by atoms with E-state index in [4.69, 9.17) is 5.11 Å². The molecule has 1 aromatic rings. The highest BCUT2D eigenvalue weighted by Gasteiger charge is 2.31. The molecule has 0 aromatic heterocycles. The van der Waals surface area contributed by atoms with Crippen LogP contribution in [0.25, 0.3) is 0 Å². The predicted molar refractivity (Wildman–Crippen MR) is 68.1 cm³/mol. The van der Waals surface area contributed by atoms with Crippen molar-refractivity contribution in [3.8, 4) is 0 Å². The van der Waals surface area contributed by atoms with Crippen molar-refractivity contribution in [2.24, 2.45) is 0 Å². The highest BCUT2D eigenvalue weighted by atomic mass is 32.2. The second-order valence-corrected chi connectivity index (χ2v) is 6.70. The van der Waals surface area contributed by atoms with Gasteiger partial charge in [-0.3, -0.25) is 4.79 Å². The number of carbonyl (C=O) groups excluding carboxylic acids is 1. The molecule has 1 heterocycles. The number of hydrogen-bond donors (Lipinski definition) is 3. The topological polar surface area (TPSA) is 95.5 Å². The van der Waals surface area contributed by atoms with Gasteiger partial charge in [0.15, 0.2) is 0 Å². The van der Waals surface area contributed by atoms with E-state index >= 15 is 0 Å². The Morgan fingerprint density at radius 3 is 2.74 bits per heavy atom. The van der Waals surface area contributed by atoms with E-state index < -0.39 is 16.1 Å². The summed E-state index contributed by atoms with van der Waals surface area (Å²) < 4.78 is 26.8. The fourth-order valence-electron chi connectivity index (χ4n) is 2.34. The lowest BCUT2D eigenvalue weighted by Gasteiger charge is -2.31. The lowest BCUT2D eigenvalue weighted by molar-refractivity contribution is -0.115. The second kappa shape index (κ2) is 4.29. The molecular formula is C12H14N2O4S. The van der Waals surface area contributed by atoms with Crippen LogP contribution in [-0.4, -0.2) is 31.6 Å². The van der Waals surface area contributed by atoms with E-state index in [9.17, 15) is 13.2 Å². The number of sulfonamides is 1. The minimum atomic E-state index is -3.58. The maximum Gasteiger partial charge on any atom is 0.240 e. The van der Waals surface area contributed by atoms with Crippen LogP contribution in [0.5, 0.6) is 0 Å². The van der Waals surface area contributed by atoms with Gasteiger partial charge in [-0.25, -0.2) is 13.1 Å². The minimum absolute atomic E-state index is 0.125. The van der Waals surface area contributed by atoms with Crippen LogP contribution in [0.4, 0.5) is 5.69 Å². The molecule has 6 nitrogen and oxygen atoms in total. The number of fused-ring (bicyclic) bond motifs is 1. The second-order valence-electron chi connectivity index (χ2n) is 4.99. The number of aliphatic hydroxyl groups is 1. The van der Waals surface area contributed by atoms with Crippen LogP contribution < -0.4 is 10.0 Å². The number of carbonyl (C=O) groups is 1. The Balaban J connectivity index is 1.82. The molecule has 1 aromatic carbocycles. The Kier molecular flexibility index (Phi) is 2.84. The smallest absolute Gasteiger partial charge is 0.240 e. The molecule has 7 heteroatoms. The maximum atomic E-state index is 12.1. The van der Waals surface area contributed by atoms with Gasteiger partial charge in [0.25, 0.3) is 0 Å². The van der Waals surface area contributed by atoms with Crippen molar-refractivity contribution in [2.45, 2.75) is 36.3 Å². The van der Waals surface area contributed by atoms with Crippen molar-refractivity contribution < 1.29 is 18.3 Å². The fourth-order valence-corrected chi connectivity index (χ4v) is 3.66. The number of hydrogen-bond acceptors (Lipinski definition) is 4. The molecule has 1 saturated carbocycles. The Hall–Kier alpha value is -1.44. The first-order valence-corrected chi connectivity index (χ1v) is 7.55. The summed E-state index contributed by atoms with van der Waals surface area (Å²) in [4.78, 5) is 11.4. The Labute approximate surface area is 110 Å². The summed E-state index contributed by atoms with van der Waals surface area (Å²) in [5.41, 5.74) is 1.37. The first-order valence-electron chi connectivity index (χ1n) is 6.07. The van der Waals surface area contributed by atoms with Crippen molar-refractivity contribution in [3.05, 3.63) is 23.8 Å². The quantitative estimate of drug-likeness (QED) is 0.726. The van der Waals surface area contributed by atoms with Crippen LogP contribution in [0.15, 0.2) is 23.1 Å². The van der Waals surface area contributed by atoms with E-state index in [1.165, 1.54) is 12.1 Å². The van der Waals surface area contributed by atoms with Crippen molar-refractivity contribution in [1.29, 1.82) is 0 Å². The van der Waals surface area contributed by atoms with Gasteiger partial charge in [-0.1, -0.05) is 0 Å². The summed E-state index contributed by atoms with van der Waals surface area (Å²) in [6.07, 6.45) is 0.699. The van der Waals surface area contributed by atoms with E-state index in [0.717, 1.165) is 0 Å². The molecule has 1 aliphatic carbocycles. The van der Waals surface area contributed by atoms with E-state index in [0.29, 0.717) is 24.1 Å². The Bertz CT molecular complexity index is 635. The number of benzene rings is 1. The number of aliphatic hydroxyl groups excluding tert-OH is 1. The lowest BCUT2D eigenvalue weighted by atomic mass is 9.91. The number of nitrogens with one attached hydrogen (secondary N) is 2. The third-order valence-corrected chi connectivity index (χ3v) is 4.97.